The predicted octanol–water partition coefficient (Wildman–Crippen LogP) is 3.16. The number of carbonyl (C=O) groups excluding carboxylic acids is 1. The molecule has 1 fully saturated rings. The van der Waals surface area contributed by atoms with E-state index in [4.69, 9.17) is 4.74 Å². The molecule has 1 atom stereocenters. The molecule has 0 aromatic heterocycles. The van der Waals surface area contributed by atoms with Gasteiger partial charge in [-0.05, 0) is 39.7 Å². The number of likely N-dealkylation sites (tertiary alicyclic amines) is 1. The van der Waals surface area contributed by atoms with Crippen molar-refractivity contribution in [1.29, 1.82) is 0 Å². The first-order valence-electron chi connectivity index (χ1n) is 7.41. The number of hydrogen-bond acceptors (Lipinski definition) is 5. The summed E-state index contributed by atoms with van der Waals surface area (Å²) < 4.78 is 68.7. The monoisotopic (exact) mass is 371 g/mol. The van der Waals surface area contributed by atoms with Gasteiger partial charge in [0.05, 0.1) is 0 Å². The molecule has 0 aromatic rings. The van der Waals surface area contributed by atoms with Crippen LogP contribution in [0.2, 0.25) is 0 Å². The molecule has 1 aliphatic heterocycles. The summed E-state index contributed by atoms with van der Waals surface area (Å²) in [6.07, 6.45) is 1.80. The van der Waals surface area contributed by atoms with Crippen LogP contribution in [0.25, 0.3) is 0 Å². The highest BCUT2D eigenvalue weighted by Gasteiger charge is 2.51. The molecule has 6 nitrogen and oxygen atoms in total. The van der Waals surface area contributed by atoms with Crippen molar-refractivity contribution in [2.75, 3.05) is 13.1 Å². The van der Waals surface area contributed by atoms with Crippen molar-refractivity contribution in [2.45, 2.75) is 51.1 Å². The van der Waals surface area contributed by atoms with E-state index in [1.54, 1.807) is 20.8 Å². The fourth-order valence-corrected chi connectivity index (χ4v) is 3.33. The number of allylic oxidation sites excluding steroid dienone is 2. The third kappa shape index (κ3) is 4.14. The molecule has 138 valence electrons. The van der Waals surface area contributed by atoms with E-state index in [1.807, 2.05) is 0 Å². The second kappa shape index (κ2) is 5.82. The number of carbonyl (C=O) groups is 1. The molecule has 10 heteroatoms. The molecule has 1 unspecified atom stereocenters. The van der Waals surface area contributed by atoms with Crippen LogP contribution in [0.5, 0.6) is 0 Å². The van der Waals surface area contributed by atoms with Crippen molar-refractivity contribution in [3.63, 3.8) is 0 Å². The normalized spacial score (nSPS) is 25.1. The molecule has 0 aromatic carbocycles. The third-order valence-corrected chi connectivity index (χ3v) is 4.90. The highest BCUT2D eigenvalue weighted by atomic mass is 32.2. The van der Waals surface area contributed by atoms with E-state index in [1.165, 1.54) is 11.0 Å². The zero-order chi connectivity index (χ0) is 18.4. The molecule has 0 saturated carbocycles. The minimum absolute atomic E-state index is 0.0433. The highest BCUT2D eigenvalue weighted by Crippen LogP contribution is 2.46. The minimum atomic E-state index is -5.65. The molecule has 1 saturated heterocycles. The van der Waals surface area contributed by atoms with Crippen LogP contribution in [-0.4, -0.2) is 43.6 Å². The van der Waals surface area contributed by atoms with E-state index in [2.05, 4.69) is 4.18 Å². The number of hydrogen-bond donors (Lipinski definition) is 0. The Kier molecular flexibility index (Phi) is 4.58. The maximum Gasteiger partial charge on any atom is 0.534 e. The number of halogens is 3. The largest absolute Gasteiger partial charge is 0.534 e. The van der Waals surface area contributed by atoms with Gasteiger partial charge < -0.3 is 13.8 Å². The molecule has 1 amide bonds. The number of nitrogens with zero attached hydrogens (tertiary/aromatic N) is 1. The van der Waals surface area contributed by atoms with Crippen LogP contribution in [0, 0.1) is 5.41 Å². The maximum absolute atomic E-state index is 12.4. The van der Waals surface area contributed by atoms with Gasteiger partial charge in [0.25, 0.3) is 0 Å². The molecule has 0 bridgehead atoms. The van der Waals surface area contributed by atoms with Crippen molar-refractivity contribution in [3.05, 3.63) is 11.8 Å². The first-order valence-corrected chi connectivity index (χ1v) is 8.82. The molecule has 0 N–H and O–H groups in total. The van der Waals surface area contributed by atoms with Crippen LogP contribution in [0.15, 0.2) is 11.8 Å². The summed E-state index contributed by atoms with van der Waals surface area (Å²) in [6, 6.07) is 0. The van der Waals surface area contributed by atoms with E-state index in [0.717, 1.165) is 0 Å². The van der Waals surface area contributed by atoms with Crippen LogP contribution >= 0.6 is 0 Å². The Labute approximate surface area is 138 Å². The fraction of sp³-hybridized carbons (Fsp3) is 0.786. The van der Waals surface area contributed by atoms with Gasteiger partial charge in [0.2, 0.25) is 0 Å². The lowest BCUT2D eigenvalue weighted by molar-refractivity contribution is -0.0524. The van der Waals surface area contributed by atoms with Gasteiger partial charge in [-0.2, -0.15) is 21.6 Å². The predicted molar refractivity (Wildman–Crippen MR) is 78.2 cm³/mol. The Bertz CT molecular complexity index is 650. The smallest absolute Gasteiger partial charge is 0.444 e. The van der Waals surface area contributed by atoms with E-state index >= 15 is 0 Å². The lowest BCUT2D eigenvalue weighted by Crippen LogP contribution is -2.36. The van der Waals surface area contributed by atoms with Crippen LogP contribution in [0.1, 0.15) is 40.0 Å². The number of alkyl halides is 3. The summed E-state index contributed by atoms with van der Waals surface area (Å²) >= 11 is 0. The Balaban J connectivity index is 1.97. The van der Waals surface area contributed by atoms with Gasteiger partial charge in [0.1, 0.15) is 11.4 Å². The van der Waals surface area contributed by atoms with Crippen molar-refractivity contribution in [1.82, 2.24) is 4.90 Å². The van der Waals surface area contributed by atoms with Crippen LogP contribution < -0.4 is 0 Å². The molecular weight excluding hydrogens is 351 g/mol. The van der Waals surface area contributed by atoms with Crippen molar-refractivity contribution >= 4 is 16.2 Å². The zero-order valence-corrected chi connectivity index (χ0v) is 14.5. The topological polar surface area (TPSA) is 72.9 Å². The molecule has 1 heterocycles. The average Bonchev–Trinajstić information content (AvgIpc) is 2.93. The SMILES string of the molecule is CC(C)(C)OC(=O)N1CCC2(CC=C(OS(=O)(=O)C(F)(F)F)C2)C1. The van der Waals surface area contributed by atoms with Gasteiger partial charge >= 0.3 is 21.7 Å². The second-order valence-electron chi connectivity index (χ2n) is 7.19. The fourth-order valence-electron chi connectivity index (χ4n) is 2.82. The van der Waals surface area contributed by atoms with E-state index in [0.29, 0.717) is 19.4 Å². The number of amides is 1. The maximum atomic E-state index is 12.4. The van der Waals surface area contributed by atoms with Gasteiger partial charge in [-0.25, -0.2) is 4.79 Å². The molecule has 1 aliphatic carbocycles. The van der Waals surface area contributed by atoms with E-state index in [-0.39, 0.29) is 18.7 Å². The average molecular weight is 371 g/mol. The molecule has 1 spiro atoms. The van der Waals surface area contributed by atoms with Gasteiger partial charge in [0.15, 0.2) is 0 Å². The first-order chi connectivity index (χ1) is 10.7. The Morgan fingerprint density at radius 3 is 2.46 bits per heavy atom. The Hall–Kier alpha value is -1.45. The first kappa shape index (κ1) is 18.9. The Morgan fingerprint density at radius 2 is 1.92 bits per heavy atom. The van der Waals surface area contributed by atoms with Crippen LogP contribution in [0.3, 0.4) is 0 Å². The lowest BCUT2D eigenvalue weighted by atomic mass is 9.84. The summed E-state index contributed by atoms with van der Waals surface area (Å²) in [4.78, 5) is 13.5. The molecule has 2 aliphatic rings. The van der Waals surface area contributed by atoms with Crippen molar-refractivity contribution in [2.24, 2.45) is 5.41 Å². The molecular formula is C14H20F3NO5S. The molecule has 24 heavy (non-hydrogen) atoms. The van der Waals surface area contributed by atoms with Gasteiger partial charge in [-0.3, -0.25) is 0 Å². The number of ether oxygens (including phenoxy) is 1. The standard InChI is InChI=1S/C14H20F3NO5S/c1-12(2,3)22-11(19)18-7-6-13(9-18)5-4-10(8-13)23-24(20,21)14(15,16)17/h4H,5-9H2,1-3H3. The minimum Gasteiger partial charge on any atom is -0.444 e. The number of rotatable bonds is 2. The van der Waals surface area contributed by atoms with Crippen molar-refractivity contribution in [3.8, 4) is 0 Å². The lowest BCUT2D eigenvalue weighted by Gasteiger charge is -2.27. The third-order valence-electron chi connectivity index (χ3n) is 3.90. The highest BCUT2D eigenvalue weighted by molar-refractivity contribution is 7.87. The molecule has 0 radical (unpaired) electrons. The van der Waals surface area contributed by atoms with Gasteiger partial charge in [-0.1, -0.05) is 0 Å². The second-order valence-corrected chi connectivity index (χ2v) is 8.72. The van der Waals surface area contributed by atoms with E-state index in [9.17, 15) is 26.4 Å². The Morgan fingerprint density at radius 1 is 1.29 bits per heavy atom. The zero-order valence-electron chi connectivity index (χ0n) is 13.6. The van der Waals surface area contributed by atoms with Crippen LogP contribution in [-0.2, 0) is 19.0 Å². The van der Waals surface area contributed by atoms with Crippen LogP contribution in [0.4, 0.5) is 18.0 Å². The van der Waals surface area contributed by atoms with Gasteiger partial charge in [-0.15, -0.1) is 0 Å². The summed E-state index contributed by atoms with van der Waals surface area (Å²) in [6.45, 7) is 5.91. The summed E-state index contributed by atoms with van der Waals surface area (Å²) in [5.74, 6) is -0.224. The van der Waals surface area contributed by atoms with Crippen molar-refractivity contribution < 1.29 is 35.3 Å². The summed E-state index contributed by atoms with van der Waals surface area (Å²) in [7, 11) is -5.65. The van der Waals surface area contributed by atoms with E-state index < -0.39 is 32.7 Å². The molecule has 2 rings (SSSR count). The quantitative estimate of drug-likeness (QED) is 0.551. The summed E-state index contributed by atoms with van der Waals surface area (Å²) in [5, 5.41) is 0. The van der Waals surface area contributed by atoms with Gasteiger partial charge in [0, 0.05) is 24.9 Å². The summed E-state index contributed by atoms with van der Waals surface area (Å²) in [5.41, 5.74) is -6.59.